The summed E-state index contributed by atoms with van der Waals surface area (Å²) in [7, 11) is 2.12. The quantitative estimate of drug-likeness (QED) is 0.897. The topological polar surface area (TPSA) is 41.9 Å². The lowest BCUT2D eigenvalue weighted by atomic mass is 9.70. The average Bonchev–Trinajstić information content (AvgIpc) is 2.87. The summed E-state index contributed by atoms with van der Waals surface area (Å²) in [5.41, 5.74) is 2.52. The van der Waals surface area contributed by atoms with Crippen molar-refractivity contribution in [3.8, 4) is 11.5 Å². The van der Waals surface area contributed by atoms with E-state index in [4.69, 9.17) is 9.47 Å². The van der Waals surface area contributed by atoms with E-state index in [0.29, 0.717) is 6.61 Å². The van der Waals surface area contributed by atoms with Gasteiger partial charge < -0.3 is 19.5 Å². The Morgan fingerprint density at radius 1 is 1.29 bits per heavy atom. The lowest BCUT2D eigenvalue weighted by Gasteiger charge is -2.37. The van der Waals surface area contributed by atoms with E-state index >= 15 is 0 Å². The third-order valence-electron chi connectivity index (χ3n) is 5.15. The van der Waals surface area contributed by atoms with Crippen LogP contribution >= 0.6 is 0 Å². The molecular formula is C20H29NO3. The van der Waals surface area contributed by atoms with Crippen LogP contribution in [-0.4, -0.2) is 42.4 Å². The molecule has 1 aromatic carbocycles. The van der Waals surface area contributed by atoms with Crippen molar-refractivity contribution in [3.05, 3.63) is 35.5 Å². The maximum Gasteiger partial charge on any atom is 0.161 e. The molecule has 4 nitrogen and oxygen atoms in total. The van der Waals surface area contributed by atoms with E-state index in [1.807, 2.05) is 32.9 Å². The van der Waals surface area contributed by atoms with Crippen molar-refractivity contribution in [3.63, 3.8) is 0 Å². The van der Waals surface area contributed by atoms with Crippen LogP contribution in [0.3, 0.4) is 0 Å². The van der Waals surface area contributed by atoms with E-state index in [1.165, 1.54) is 11.3 Å². The number of allylic oxidation sites excluding steroid dienone is 1. The van der Waals surface area contributed by atoms with E-state index in [2.05, 4.69) is 24.1 Å². The van der Waals surface area contributed by atoms with Crippen molar-refractivity contribution >= 4 is 0 Å². The predicted molar refractivity (Wildman–Crippen MR) is 95.6 cm³/mol. The number of nitrogens with zero attached hydrogens (tertiary/aromatic N) is 1. The Hall–Kier alpha value is -1.68. The molecule has 0 unspecified atom stereocenters. The monoisotopic (exact) mass is 331 g/mol. The highest BCUT2D eigenvalue weighted by molar-refractivity contribution is 5.49. The van der Waals surface area contributed by atoms with Crippen LogP contribution in [0.15, 0.2) is 30.0 Å². The Morgan fingerprint density at radius 3 is 2.79 bits per heavy atom. The molecule has 0 bridgehead atoms. The van der Waals surface area contributed by atoms with Crippen LogP contribution in [0.5, 0.6) is 11.5 Å². The number of hydrogen-bond acceptors (Lipinski definition) is 4. The number of fused-ring (bicyclic) bond motifs is 1. The Kier molecular flexibility index (Phi) is 4.77. The summed E-state index contributed by atoms with van der Waals surface area (Å²) in [4.78, 5) is 2.28. The minimum atomic E-state index is -0.330. The molecule has 0 spiro atoms. The first-order chi connectivity index (χ1) is 11.5. The van der Waals surface area contributed by atoms with Gasteiger partial charge in [0.05, 0.1) is 18.8 Å². The molecular weight excluding hydrogens is 302 g/mol. The maximum atomic E-state index is 10.1. The van der Waals surface area contributed by atoms with Crippen molar-refractivity contribution < 1.29 is 14.6 Å². The zero-order chi connectivity index (χ0) is 17.3. The van der Waals surface area contributed by atoms with Crippen LogP contribution in [-0.2, 0) is 5.41 Å². The molecule has 132 valence electrons. The summed E-state index contributed by atoms with van der Waals surface area (Å²) in [6.45, 7) is 7.68. The second-order valence-corrected chi connectivity index (χ2v) is 7.17. The number of ether oxygens (including phenoxy) is 2. The van der Waals surface area contributed by atoms with Crippen LogP contribution in [0.1, 0.15) is 45.6 Å². The molecule has 1 aromatic rings. The van der Waals surface area contributed by atoms with Crippen molar-refractivity contribution in [2.45, 2.75) is 57.7 Å². The van der Waals surface area contributed by atoms with Crippen LogP contribution < -0.4 is 9.47 Å². The summed E-state index contributed by atoms with van der Waals surface area (Å²) in [6.07, 6.45) is 4.69. The van der Waals surface area contributed by atoms with Crippen molar-refractivity contribution in [1.82, 2.24) is 4.90 Å². The lowest BCUT2D eigenvalue weighted by Crippen LogP contribution is -2.33. The second kappa shape index (κ2) is 6.67. The molecule has 1 saturated heterocycles. The molecule has 1 N–H and O–H groups in total. The van der Waals surface area contributed by atoms with Crippen LogP contribution in [0.4, 0.5) is 0 Å². The molecule has 1 aliphatic carbocycles. The van der Waals surface area contributed by atoms with E-state index in [9.17, 15) is 5.11 Å². The molecule has 3 rings (SSSR count). The highest BCUT2D eigenvalue weighted by Crippen LogP contribution is 2.50. The molecule has 0 saturated carbocycles. The first-order valence-corrected chi connectivity index (χ1v) is 9.02. The van der Waals surface area contributed by atoms with Gasteiger partial charge in [0.1, 0.15) is 0 Å². The van der Waals surface area contributed by atoms with Crippen molar-refractivity contribution in [2.75, 3.05) is 20.2 Å². The molecule has 0 radical (unpaired) electrons. The Labute approximate surface area is 145 Å². The van der Waals surface area contributed by atoms with Crippen molar-refractivity contribution in [2.24, 2.45) is 0 Å². The summed E-state index contributed by atoms with van der Waals surface area (Å²) >= 11 is 0. The predicted octanol–water partition coefficient (Wildman–Crippen LogP) is 3.48. The Morgan fingerprint density at radius 2 is 2.08 bits per heavy atom. The van der Waals surface area contributed by atoms with Gasteiger partial charge in [-0.3, -0.25) is 0 Å². The van der Waals surface area contributed by atoms with E-state index in [1.54, 1.807) is 0 Å². The number of likely N-dealkylation sites (tertiary alicyclic amines) is 1. The fourth-order valence-corrected chi connectivity index (χ4v) is 4.03. The zero-order valence-corrected chi connectivity index (χ0v) is 15.2. The second-order valence-electron chi connectivity index (χ2n) is 7.17. The van der Waals surface area contributed by atoms with Gasteiger partial charge >= 0.3 is 0 Å². The van der Waals surface area contributed by atoms with Gasteiger partial charge in [-0.1, -0.05) is 6.07 Å². The van der Waals surface area contributed by atoms with Gasteiger partial charge in [0.25, 0.3) is 0 Å². The highest BCUT2D eigenvalue weighted by atomic mass is 16.5. The average molecular weight is 331 g/mol. The summed E-state index contributed by atoms with van der Waals surface area (Å²) in [5.74, 6) is 1.62. The first kappa shape index (κ1) is 17.2. The van der Waals surface area contributed by atoms with Crippen molar-refractivity contribution in [1.29, 1.82) is 0 Å². The SMILES string of the molecule is CCOc1cc([C@@]23CC[C@H](O)C=C2N(C)CC3)ccc1OC(C)C. The lowest BCUT2D eigenvalue weighted by molar-refractivity contribution is 0.181. The largest absolute Gasteiger partial charge is 0.490 e. The molecule has 0 aromatic heterocycles. The number of hydrogen-bond donors (Lipinski definition) is 1. The van der Waals surface area contributed by atoms with Gasteiger partial charge in [0.2, 0.25) is 0 Å². The van der Waals surface area contributed by atoms with Gasteiger partial charge in [-0.25, -0.2) is 0 Å². The molecule has 1 heterocycles. The minimum absolute atomic E-state index is 0.00378. The van der Waals surface area contributed by atoms with Gasteiger partial charge in [-0.15, -0.1) is 0 Å². The summed E-state index contributed by atoms with van der Waals surface area (Å²) in [6, 6.07) is 6.35. The Bertz CT molecular complexity index is 625. The first-order valence-electron chi connectivity index (χ1n) is 9.02. The number of benzene rings is 1. The number of rotatable bonds is 5. The molecule has 24 heavy (non-hydrogen) atoms. The van der Waals surface area contributed by atoms with E-state index in [0.717, 1.165) is 37.3 Å². The summed E-state index contributed by atoms with van der Waals surface area (Å²) in [5, 5.41) is 10.1. The van der Waals surface area contributed by atoms with Crippen LogP contribution in [0, 0.1) is 0 Å². The molecule has 2 atom stereocenters. The van der Waals surface area contributed by atoms with Crippen LogP contribution in [0.2, 0.25) is 0 Å². The third-order valence-corrected chi connectivity index (χ3v) is 5.15. The van der Waals surface area contributed by atoms with E-state index in [-0.39, 0.29) is 17.6 Å². The zero-order valence-electron chi connectivity index (χ0n) is 15.2. The number of aliphatic hydroxyl groups is 1. The molecule has 0 amide bonds. The van der Waals surface area contributed by atoms with E-state index < -0.39 is 0 Å². The minimum Gasteiger partial charge on any atom is -0.490 e. The van der Waals surface area contributed by atoms with Gasteiger partial charge in [-0.2, -0.15) is 0 Å². The highest BCUT2D eigenvalue weighted by Gasteiger charge is 2.45. The van der Waals surface area contributed by atoms with Crippen LogP contribution in [0.25, 0.3) is 0 Å². The Balaban J connectivity index is 2.02. The van der Waals surface area contributed by atoms with Gasteiger partial charge in [0, 0.05) is 24.7 Å². The normalized spacial score (nSPS) is 26.3. The molecule has 4 heteroatoms. The van der Waals surface area contributed by atoms with Gasteiger partial charge in [0.15, 0.2) is 11.5 Å². The molecule has 1 aliphatic heterocycles. The molecule has 2 aliphatic rings. The smallest absolute Gasteiger partial charge is 0.161 e. The summed E-state index contributed by atoms with van der Waals surface area (Å²) < 4.78 is 11.8. The fourth-order valence-electron chi connectivity index (χ4n) is 4.03. The maximum absolute atomic E-state index is 10.1. The standard InChI is InChI=1S/C20H29NO3/c1-5-23-18-12-15(6-7-17(18)24-14(2)3)20-9-8-16(22)13-19(20)21(4)11-10-20/h6-7,12-14,16,22H,5,8-11H2,1-4H3/t16-,20-/m0/s1. The number of aliphatic hydroxyl groups excluding tert-OH is 1. The fraction of sp³-hybridized carbons (Fsp3) is 0.600. The molecule has 1 fully saturated rings. The third kappa shape index (κ3) is 3.00. The number of likely N-dealkylation sites (N-methyl/N-ethyl adjacent to an activating group) is 1. The van der Waals surface area contributed by atoms with Gasteiger partial charge in [-0.05, 0) is 63.8 Å².